The van der Waals surface area contributed by atoms with Crippen molar-refractivity contribution in [2.45, 2.75) is 32.6 Å². The summed E-state index contributed by atoms with van der Waals surface area (Å²) in [5, 5.41) is 8.08. The van der Waals surface area contributed by atoms with Crippen LogP contribution >= 0.6 is 0 Å². The molecule has 2 heterocycles. The van der Waals surface area contributed by atoms with Crippen molar-refractivity contribution in [2.75, 3.05) is 5.32 Å². The maximum Gasteiger partial charge on any atom is 0.229 e. The fourth-order valence-corrected chi connectivity index (χ4v) is 3.78. The van der Waals surface area contributed by atoms with Crippen LogP contribution in [0.3, 0.4) is 0 Å². The third kappa shape index (κ3) is 2.78. The second-order valence-corrected chi connectivity index (χ2v) is 7.11. The number of hydrogen-bond acceptors (Lipinski definition) is 4. The molecule has 6 heteroatoms. The summed E-state index contributed by atoms with van der Waals surface area (Å²) in [5.41, 5.74) is 5.64. The Hall–Kier alpha value is -3.41. The molecular weight excluding hydrogens is 350 g/mol. The van der Waals surface area contributed by atoms with Gasteiger partial charge in [0.15, 0.2) is 11.6 Å². The van der Waals surface area contributed by atoms with E-state index in [1.807, 2.05) is 36.4 Å². The lowest BCUT2D eigenvalue weighted by molar-refractivity contribution is 0.0973. The monoisotopic (exact) mass is 371 g/mol. The number of nitrogens with zero attached hydrogens (tertiary/aromatic N) is 3. The van der Waals surface area contributed by atoms with E-state index in [1.165, 1.54) is 5.56 Å². The maximum atomic E-state index is 12.7. The zero-order valence-corrected chi connectivity index (χ0v) is 15.7. The van der Waals surface area contributed by atoms with Gasteiger partial charge in [-0.25, -0.2) is 9.67 Å². The molecule has 28 heavy (non-hydrogen) atoms. The van der Waals surface area contributed by atoms with E-state index in [9.17, 15) is 4.79 Å². The van der Waals surface area contributed by atoms with Crippen molar-refractivity contribution in [1.29, 1.82) is 0 Å². The molecule has 0 radical (unpaired) electrons. The smallest absolute Gasteiger partial charge is 0.229 e. The van der Waals surface area contributed by atoms with Gasteiger partial charge in [-0.15, -0.1) is 5.10 Å². The number of aromatic amines is 1. The number of benzene rings is 2. The first kappa shape index (κ1) is 16.7. The van der Waals surface area contributed by atoms with Crippen molar-refractivity contribution >= 4 is 28.3 Å². The second-order valence-electron chi connectivity index (χ2n) is 7.11. The largest absolute Gasteiger partial charge is 0.338 e. The summed E-state index contributed by atoms with van der Waals surface area (Å²) in [6, 6.07) is 16.1. The van der Waals surface area contributed by atoms with Gasteiger partial charge in [-0.1, -0.05) is 31.2 Å². The highest BCUT2D eigenvalue weighted by molar-refractivity contribution is 6.03. The average Bonchev–Trinajstić information content (AvgIpc) is 3.31. The van der Waals surface area contributed by atoms with E-state index < -0.39 is 0 Å². The Morgan fingerprint density at radius 2 is 1.93 bits per heavy atom. The van der Waals surface area contributed by atoms with E-state index in [1.54, 1.807) is 4.68 Å². The number of ketones is 1. The Labute approximate surface area is 162 Å². The van der Waals surface area contributed by atoms with Gasteiger partial charge in [-0.05, 0) is 49.1 Å². The standard InChI is InChI=1S/C22H21N5O/c1-2-14-10-12-15(13-11-14)23-21-20-18(8-5-9-19(20)28)27(26-21)22-24-16-6-3-4-7-17(16)25-22/h3-4,6-7,10-13H,2,5,8-9H2,1H3,(H,23,26)(H,24,25). The highest BCUT2D eigenvalue weighted by atomic mass is 16.1. The van der Waals surface area contributed by atoms with Gasteiger partial charge in [-0.3, -0.25) is 4.79 Å². The lowest BCUT2D eigenvalue weighted by Crippen LogP contribution is -2.14. The third-order valence-electron chi connectivity index (χ3n) is 5.28. The van der Waals surface area contributed by atoms with Crippen LogP contribution in [0.15, 0.2) is 48.5 Å². The van der Waals surface area contributed by atoms with Crippen LogP contribution in [0, 0.1) is 0 Å². The van der Waals surface area contributed by atoms with Gasteiger partial charge >= 0.3 is 0 Å². The van der Waals surface area contributed by atoms with Gasteiger partial charge in [0.25, 0.3) is 0 Å². The van der Waals surface area contributed by atoms with Gasteiger partial charge in [-0.2, -0.15) is 0 Å². The average molecular weight is 371 g/mol. The molecule has 0 unspecified atom stereocenters. The molecule has 1 aliphatic rings. The van der Waals surface area contributed by atoms with Crippen LogP contribution in [0.5, 0.6) is 0 Å². The molecule has 0 saturated carbocycles. The molecule has 2 aromatic carbocycles. The van der Waals surface area contributed by atoms with Crippen molar-refractivity contribution in [3.8, 4) is 5.95 Å². The molecule has 2 aromatic heterocycles. The minimum absolute atomic E-state index is 0.135. The first-order valence-electron chi connectivity index (χ1n) is 9.69. The number of anilines is 2. The molecule has 4 aromatic rings. The third-order valence-corrected chi connectivity index (χ3v) is 5.28. The summed E-state index contributed by atoms with van der Waals surface area (Å²) in [6.45, 7) is 2.13. The van der Waals surface area contributed by atoms with Crippen LogP contribution in [-0.2, 0) is 12.8 Å². The van der Waals surface area contributed by atoms with Crippen molar-refractivity contribution in [1.82, 2.24) is 19.7 Å². The van der Waals surface area contributed by atoms with Crippen molar-refractivity contribution in [3.05, 3.63) is 65.4 Å². The number of hydrogen-bond donors (Lipinski definition) is 2. The molecule has 5 rings (SSSR count). The van der Waals surface area contributed by atoms with E-state index in [0.717, 1.165) is 41.7 Å². The Balaban J connectivity index is 1.60. The van der Waals surface area contributed by atoms with Crippen LogP contribution < -0.4 is 5.32 Å². The summed E-state index contributed by atoms with van der Waals surface area (Å²) in [6.07, 6.45) is 3.20. The summed E-state index contributed by atoms with van der Waals surface area (Å²) in [4.78, 5) is 20.7. The molecule has 0 aliphatic heterocycles. The maximum absolute atomic E-state index is 12.7. The highest BCUT2D eigenvalue weighted by Gasteiger charge is 2.28. The van der Waals surface area contributed by atoms with Crippen molar-refractivity contribution in [3.63, 3.8) is 0 Å². The normalized spacial score (nSPS) is 13.7. The Morgan fingerprint density at radius 3 is 2.71 bits per heavy atom. The van der Waals surface area contributed by atoms with E-state index in [2.05, 4.69) is 34.3 Å². The number of aryl methyl sites for hydroxylation is 1. The lowest BCUT2D eigenvalue weighted by atomic mass is 9.96. The summed E-state index contributed by atoms with van der Waals surface area (Å²) < 4.78 is 1.79. The van der Waals surface area contributed by atoms with Crippen LogP contribution in [0.2, 0.25) is 0 Å². The fourth-order valence-electron chi connectivity index (χ4n) is 3.78. The quantitative estimate of drug-likeness (QED) is 0.551. The number of aromatic nitrogens is 4. The van der Waals surface area contributed by atoms with E-state index in [0.29, 0.717) is 23.8 Å². The molecular formula is C22H21N5O. The second kappa shape index (κ2) is 6.64. The number of rotatable bonds is 4. The number of para-hydroxylation sites is 2. The van der Waals surface area contributed by atoms with Gasteiger partial charge in [0.1, 0.15) is 0 Å². The number of imidazole rings is 1. The summed E-state index contributed by atoms with van der Waals surface area (Å²) in [7, 11) is 0. The topological polar surface area (TPSA) is 75.6 Å². The number of carbonyl (C=O) groups excluding carboxylic acids is 1. The van der Waals surface area contributed by atoms with E-state index in [4.69, 9.17) is 5.10 Å². The number of Topliss-reactive ketones (excluding diaryl/α,β-unsaturated/α-hetero) is 1. The van der Waals surface area contributed by atoms with Gasteiger partial charge < -0.3 is 10.3 Å². The van der Waals surface area contributed by atoms with E-state index in [-0.39, 0.29) is 5.78 Å². The molecule has 6 nitrogen and oxygen atoms in total. The zero-order chi connectivity index (χ0) is 19.1. The van der Waals surface area contributed by atoms with Gasteiger partial charge in [0.05, 0.1) is 22.3 Å². The van der Waals surface area contributed by atoms with Gasteiger partial charge in [0.2, 0.25) is 5.95 Å². The first-order valence-corrected chi connectivity index (χ1v) is 9.69. The molecule has 0 spiro atoms. The Kier molecular flexibility index (Phi) is 3.97. The Bertz CT molecular complexity index is 1140. The van der Waals surface area contributed by atoms with Crippen LogP contribution in [0.25, 0.3) is 17.0 Å². The summed E-state index contributed by atoms with van der Waals surface area (Å²) >= 11 is 0. The number of carbonyl (C=O) groups is 1. The number of fused-ring (bicyclic) bond motifs is 2. The molecule has 2 N–H and O–H groups in total. The molecule has 1 aliphatic carbocycles. The lowest BCUT2D eigenvalue weighted by Gasteiger charge is -2.12. The Morgan fingerprint density at radius 1 is 1.11 bits per heavy atom. The fraction of sp³-hybridized carbons (Fsp3) is 0.227. The van der Waals surface area contributed by atoms with Crippen LogP contribution in [0.4, 0.5) is 11.5 Å². The minimum Gasteiger partial charge on any atom is -0.338 e. The number of nitrogens with one attached hydrogen (secondary N) is 2. The predicted molar refractivity (Wildman–Crippen MR) is 110 cm³/mol. The molecule has 0 fully saturated rings. The molecule has 0 saturated heterocycles. The molecule has 0 amide bonds. The SMILES string of the molecule is CCc1ccc(Nc2nn(-c3nc4ccccc4[nH]3)c3c2C(=O)CCC3)cc1. The summed E-state index contributed by atoms with van der Waals surface area (Å²) in [5.74, 6) is 1.38. The minimum atomic E-state index is 0.135. The van der Waals surface area contributed by atoms with E-state index >= 15 is 0 Å². The predicted octanol–water partition coefficient (Wildman–Crippen LogP) is 4.57. The number of H-pyrrole nitrogens is 1. The first-order chi connectivity index (χ1) is 13.7. The van der Waals surface area contributed by atoms with Crippen molar-refractivity contribution in [2.24, 2.45) is 0 Å². The highest BCUT2D eigenvalue weighted by Crippen LogP contribution is 2.31. The van der Waals surface area contributed by atoms with Gasteiger partial charge in [0, 0.05) is 12.1 Å². The zero-order valence-electron chi connectivity index (χ0n) is 15.7. The van der Waals surface area contributed by atoms with Crippen LogP contribution in [0.1, 0.15) is 41.4 Å². The molecule has 0 bridgehead atoms. The van der Waals surface area contributed by atoms with Crippen molar-refractivity contribution < 1.29 is 4.79 Å². The molecule has 140 valence electrons. The molecule has 0 atom stereocenters. The van der Waals surface area contributed by atoms with Crippen LogP contribution in [-0.4, -0.2) is 25.5 Å².